The molecule has 1 heterocycles. The van der Waals surface area contributed by atoms with Gasteiger partial charge in [-0.05, 0) is 42.8 Å². The molecule has 0 aliphatic carbocycles. The summed E-state index contributed by atoms with van der Waals surface area (Å²) in [5, 5.41) is 11.1. The van der Waals surface area contributed by atoms with Gasteiger partial charge in [0.15, 0.2) is 0 Å². The van der Waals surface area contributed by atoms with Gasteiger partial charge in [-0.25, -0.2) is 8.78 Å². The number of benzene rings is 2. The molecule has 1 aromatic heterocycles. The van der Waals surface area contributed by atoms with E-state index in [0.717, 1.165) is 0 Å². The molecule has 0 bridgehead atoms. The molecule has 0 aliphatic heterocycles. The van der Waals surface area contributed by atoms with E-state index >= 15 is 0 Å². The molecule has 3 rings (SSSR count). The van der Waals surface area contributed by atoms with Crippen LogP contribution < -0.4 is 0 Å². The number of aliphatic hydroxyl groups is 1. The second-order valence-corrected chi connectivity index (χ2v) is 5.33. The lowest BCUT2D eigenvalue weighted by Crippen LogP contribution is -2.24. The molecule has 2 aromatic carbocycles. The van der Waals surface area contributed by atoms with E-state index in [0.29, 0.717) is 16.5 Å². The lowest BCUT2D eigenvalue weighted by molar-refractivity contribution is 0.0352. The van der Waals surface area contributed by atoms with Crippen molar-refractivity contribution in [1.82, 2.24) is 0 Å². The number of hydrogen-bond acceptors (Lipinski definition) is 2. The number of halogens is 2. The van der Waals surface area contributed by atoms with E-state index in [-0.39, 0.29) is 23.8 Å². The topological polar surface area (TPSA) is 33.4 Å². The van der Waals surface area contributed by atoms with E-state index in [1.54, 1.807) is 31.2 Å². The van der Waals surface area contributed by atoms with Crippen molar-refractivity contribution in [3.63, 3.8) is 0 Å². The summed E-state index contributed by atoms with van der Waals surface area (Å²) in [5.41, 5.74) is -0.494. The van der Waals surface area contributed by atoms with Gasteiger partial charge in [-0.15, -0.1) is 0 Å². The van der Waals surface area contributed by atoms with Gasteiger partial charge in [-0.2, -0.15) is 0 Å². The highest BCUT2D eigenvalue weighted by molar-refractivity contribution is 5.78. The van der Waals surface area contributed by atoms with E-state index in [4.69, 9.17) is 4.42 Å². The first-order chi connectivity index (χ1) is 9.95. The third-order valence-electron chi connectivity index (χ3n) is 3.50. The Morgan fingerprint density at radius 3 is 2.62 bits per heavy atom. The Hall–Kier alpha value is -2.20. The Labute approximate surface area is 120 Å². The minimum atomic E-state index is -1.38. The molecular weight excluding hydrogens is 274 g/mol. The first-order valence-corrected chi connectivity index (χ1v) is 6.61. The van der Waals surface area contributed by atoms with Crippen LogP contribution >= 0.6 is 0 Å². The van der Waals surface area contributed by atoms with Gasteiger partial charge < -0.3 is 9.52 Å². The number of hydrogen-bond donors (Lipinski definition) is 1. The quantitative estimate of drug-likeness (QED) is 0.785. The van der Waals surface area contributed by atoms with Crippen LogP contribution in [0.1, 0.15) is 18.2 Å². The first kappa shape index (κ1) is 13.8. The first-order valence-electron chi connectivity index (χ1n) is 6.61. The zero-order valence-electron chi connectivity index (χ0n) is 11.4. The lowest BCUT2D eigenvalue weighted by atomic mass is 9.93. The monoisotopic (exact) mass is 288 g/mol. The summed E-state index contributed by atoms with van der Waals surface area (Å²) in [5.74, 6) is -0.463. The molecule has 1 atom stereocenters. The summed E-state index contributed by atoms with van der Waals surface area (Å²) < 4.78 is 32.5. The molecule has 0 fully saturated rings. The number of fused-ring (bicyclic) bond motifs is 1. The third kappa shape index (κ3) is 2.67. The van der Waals surface area contributed by atoms with Crippen LogP contribution in [0.25, 0.3) is 11.0 Å². The van der Waals surface area contributed by atoms with Crippen molar-refractivity contribution in [1.29, 1.82) is 0 Å². The van der Waals surface area contributed by atoms with Crippen molar-refractivity contribution < 1.29 is 18.3 Å². The molecule has 0 aliphatic rings. The van der Waals surface area contributed by atoms with Gasteiger partial charge in [0.1, 0.15) is 28.6 Å². The molecular formula is C17H14F2O2. The Morgan fingerprint density at radius 2 is 1.86 bits per heavy atom. The van der Waals surface area contributed by atoms with Gasteiger partial charge in [0, 0.05) is 11.8 Å². The van der Waals surface area contributed by atoms with Crippen LogP contribution in [-0.2, 0) is 12.0 Å². The maximum atomic E-state index is 13.7. The number of rotatable bonds is 3. The van der Waals surface area contributed by atoms with Gasteiger partial charge in [0.2, 0.25) is 0 Å². The second kappa shape index (κ2) is 4.97. The summed E-state index contributed by atoms with van der Waals surface area (Å²) in [6.07, 6.45) is 0.0714. The third-order valence-corrected chi connectivity index (χ3v) is 3.50. The van der Waals surface area contributed by atoms with Crippen LogP contribution in [0, 0.1) is 11.6 Å². The van der Waals surface area contributed by atoms with E-state index < -0.39 is 5.60 Å². The van der Waals surface area contributed by atoms with Crippen molar-refractivity contribution >= 4 is 11.0 Å². The average molecular weight is 288 g/mol. The highest BCUT2D eigenvalue weighted by atomic mass is 19.1. The Balaban J connectivity index is 1.97. The van der Waals surface area contributed by atoms with Crippen molar-refractivity contribution in [2.45, 2.75) is 18.9 Å². The predicted octanol–water partition coefficient (Wildman–Crippen LogP) is 4.16. The van der Waals surface area contributed by atoms with E-state index in [1.807, 2.05) is 0 Å². The molecule has 0 radical (unpaired) electrons. The molecule has 0 saturated heterocycles. The van der Waals surface area contributed by atoms with Crippen molar-refractivity contribution in [3.05, 3.63) is 71.5 Å². The normalized spacial score (nSPS) is 14.3. The van der Waals surface area contributed by atoms with Crippen LogP contribution in [0.15, 0.2) is 52.9 Å². The maximum Gasteiger partial charge on any atom is 0.136 e. The molecule has 4 heteroatoms. The fourth-order valence-corrected chi connectivity index (χ4v) is 2.38. The summed E-state index contributed by atoms with van der Waals surface area (Å²) >= 11 is 0. The van der Waals surface area contributed by atoms with Crippen LogP contribution in [0.4, 0.5) is 8.78 Å². The average Bonchev–Trinajstić information content (AvgIpc) is 2.85. The summed E-state index contributed by atoms with van der Waals surface area (Å²) in [4.78, 5) is 0. The summed E-state index contributed by atoms with van der Waals surface area (Å²) in [7, 11) is 0. The minimum Gasteiger partial charge on any atom is -0.458 e. The van der Waals surface area contributed by atoms with Crippen LogP contribution in [0.3, 0.4) is 0 Å². The van der Waals surface area contributed by atoms with Gasteiger partial charge >= 0.3 is 0 Å². The van der Waals surface area contributed by atoms with E-state index in [2.05, 4.69) is 0 Å². The van der Waals surface area contributed by atoms with E-state index in [9.17, 15) is 13.9 Å². The molecule has 108 valence electrons. The minimum absolute atomic E-state index is 0.0714. The molecule has 1 unspecified atom stereocenters. The largest absolute Gasteiger partial charge is 0.458 e. The van der Waals surface area contributed by atoms with Gasteiger partial charge in [-0.3, -0.25) is 0 Å². The van der Waals surface area contributed by atoms with Crippen molar-refractivity contribution in [2.24, 2.45) is 0 Å². The fourth-order valence-electron chi connectivity index (χ4n) is 2.38. The predicted molar refractivity (Wildman–Crippen MR) is 75.8 cm³/mol. The highest BCUT2D eigenvalue weighted by Gasteiger charge is 2.29. The van der Waals surface area contributed by atoms with E-state index in [1.165, 1.54) is 24.3 Å². The second-order valence-electron chi connectivity index (χ2n) is 5.33. The standard InChI is InChI=1S/C17H14F2O2/c1-17(20,10-11-4-2-3-5-14(11)19)16-9-12-8-13(18)6-7-15(12)21-16/h2-9,20H,10H2,1H3. The molecule has 0 amide bonds. The zero-order chi connectivity index (χ0) is 15.0. The Bertz CT molecular complexity index is 790. The fraction of sp³-hybridized carbons (Fsp3) is 0.176. The zero-order valence-corrected chi connectivity index (χ0v) is 11.4. The number of furan rings is 1. The van der Waals surface area contributed by atoms with Crippen LogP contribution in [0.5, 0.6) is 0 Å². The summed E-state index contributed by atoms with van der Waals surface area (Å²) in [6, 6.07) is 12.0. The SMILES string of the molecule is CC(O)(Cc1ccccc1F)c1cc2cc(F)ccc2o1. The maximum absolute atomic E-state index is 13.7. The van der Waals surface area contributed by atoms with Crippen LogP contribution in [0.2, 0.25) is 0 Å². The Kier molecular flexibility index (Phi) is 3.26. The molecule has 1 N–H and O–H groups in total. The van der Waals surface area contributed by atoms with Gasteiger partial charge in [-0.1, -0.05) is 18.2 Å². The van der Waals surface area contributed by atoms with Gasteiger partial charge in [0.05, 0.1) is 0 Å². The Morgan fingerprint density at radius 1 is 1.10 bits per heavy atom. The molecule has 21 heavy (non-hydrogen) atoms. The molecule has 2 nitrogen and oxygen atoms in total. The van der Waals surface area contributed by atoms with Crippen molar-refractivity contribution in [2.75, 3.05) is 0 Å². The van der Waals surface area contributed by atoms with Gasteiger partial charge in [0.25, 0.3) is 0 Å². The summed E-state index contributed by atoms with van der Waals surface area (Å²) in [6.45, 7) is 1.55. The van der Waals surface area contributed by atoms with Crippen molar-refractivity contribution in [3.8, 4) is 0 Å². The molecule has 3 aromatic rings. The lowest BCUT2D eigenvalue weighted by Gasteiger charge is -2.21. The molecule has 0 saturated carbocycles. The highest BCUT2D eigenvalue weighted by Crippen LogP contribution is 2.31. The molecule has 0 spiro atoms. The smallest absolute Gasteiger partial charge is 0.136 e. The van der Waals surface area contributed by atoms with Crippen LogP contribution in [-0.4, -0.2) is 5.11 Å².